The first-order valence-corrected chi connectivity index (χ1v) is 7.53. The topological polar surface area (TPSA) is 142 Å². The summed E-state index contributed by atoms with van der Waals surface area (Å²) in [6.45, 7) is 2.75. The van der Waals surface area contributed by atoms with Gasteiger partial charge in [-0.2, -0.15) is 0 Å². The van der Waals surface area contributed by atoms with Crippen molar-refractivity contribution in [3.8, 4) is 0 Å². The van der Waals surface area contributed by atoms with Crippen molar-refractivity contribution < 1.29 is 24.6 Å². The Morgan fingerprint density at radius 1 is 1.08 bits per heavy atom. The number of rotatable bonds is 8. The Bertz CT molecular complexity index is 574. The maximum absolute atomic E-state index is 12.3. The number of nitrogens with two attached hydrogens (primary N) is 1. The quantitative estimate of drug-likeness (QED) is 0.412. The van der Waals surface area contributed by atoms with Crippen molar-refractivity contribution >= 4 is 17.8 Å². The lowest BCUT2D eigenvalue weighted by atomic mass is 10.0. The highest BCUT2D eigenvalue weighted by Crippen LogP contribution is 2.05. The molecule has 4 atom stereocenters. The minimum Gasteiger partial charge on any atom is -0.480 e. The summed E-state index contributed by atoms with van der Waals surface area (Å²) in [6.07, 6.45) is -1.13. The molecule has 2 amide bonds. The molecule has 0 aliphatic rings. The Kier molecular flexibility index (Phi) is 7.34. The molecule has 0 spiro atoms. The first-order chi connectivity index (χ1) is 11.2. The van der Waals surface area contributed by atoms with E-state index in [9.17, 15) is 24.6 Å². The molecular formula is C16H23N3O5. The van der Waals surface area contributed by atoms with Crippen LogP contribution in [-0.2, 0) is 20.8 Å². The van der Waals surface area contributed by atoms with Crippen LogP contribution in [0.1, 0.15) is 19.4 Å². The number of carboxylic acid groups (broad SMARTS) is 1. The highest BCUT2D eigenvalue weighted by molar-refractivity contribution is 5.92. The average molecular weight is 337 g/mol. The number of hydrogen-bond acceptors (Lipinski definition) is 5. The van der Waals surface area contributed by atoms with E-state index in [2.05, 4.69) is 10.6 Å². The van der Waals surface area contributed by atoms with E-state index in [1.54, 1.807) is 30.3 Å². The Morgan fingerprint density at radius 2 is 1.67 bits per heavy atom. The fourth-order valence-electron chi connectivity index (χ4n) is 2.00. The maximum atomic E-state index is 12.3. The van der Waals surface area contributed by atoms with Gasteiger partial charge in [0.1, 0.15) is 12.1 Å². The van der Waals surface area contributed by atoms with Crippen LogP contribution in [0.2, 0.25) is 0 Å². The van der Waals surface area contributed by atoms with Crippen molar-refractivity contribution in [2.75, 3.05) is 0 Å². The molecule has 0 aromatic heterocycles. The summed E-state index contributed by atoms with van der Waals surface area (Å²) in [7, 11) is 0. The smallest absolute Gasteiger partial charge is 0.326 e. The second-order valence-electron chi connectivity index (χ2n) is 5.60. The third-order valence-corrected chi connectivity index (χ3v) is 3.37. The number of benzene rings is 1. The molecule has 0 aliphatic heterocycles. The molecule has 4 unspecified atom stereocenters. The van der Waals surface area contributed by atoms with E-state index in [4.69, 9.17) is 5.73 Å². The summed E-state index contributed by atoms with van der Waals surface area (Å²) in [5, 5.41) is 23.6. The lowest BCUT2D eigenvalue weighted by Crippen LogP contribution is -2.58. The molecule has 0 aliphatic carbocycles. The maximum Gasteiger partial charge on any atom is 0.326 e. The number of aliphatic hydroxyl groups is 1. The van der Waals surface area contributed by atoms with Gasteiger partial charge in [0.15, 0.2) is 0 Å². The van der Waals surface area contributed by atoms with E-state index in [1.807, 2.05) is 0 Å². The Balaban J connectivity index is 2.81. The molecule has 0 saturated carbocycles. The molecule has 8 heteroatoms. The number of carbonyl (C=O) groups is 3. The predicted molar refractivity (Wildman–Crippen MR) is 87.0 cm³/mol. The Labute approximate surface area is 140 Å². The fourth-order valence-corrected chi connectivity index (χ4v) is 2.00. The Morgan fingerprint density at radius 3 is 2.12 bits per heavy atom. The van der Waals surface area contributed by atoms with Gasteiger partial charge in [-0.3, -0.25) is 9.59 Å². The van der Waals surface area contributed by atoms with Gasteiger partial charge in [-0.15, -0.1) is 0 Å². The van der Waals surface area contributed by atoms with Crippen LogP contribution >= 0.6 is 0 Å². The van der Waals surface area contributed by atoms with Gasteiger partial charge in [0.2, 0.25) is 11.8 Å². The first kappa shape index (κ1) is 19.6. The van der Waals surface area contributed by atoms with Gasteiger partial charge in [0.25, 0.3) is 0 Å². The van der Waals surface area contributed by atoms with Crippen molar-refractivity contribution in [2.24, 2.45) is 5.73 Å². The monoisotopic (exact) mass is 337 g/mol. The predicted octanol–water partition coefficient (Wildman–Crippen LogP) is -0.989. The summed E-state index contributed by atoms with van der Waals surface area (Å²) in [6, 6.07) is 5.46. The molecule has 8 nitrogen and oxygen atoms in total. The number of aliphatic carboxylic acids is 1. The van der Waals surface area contributed by atoms with Gasteiger partial charge in [-0.05, 0) is 19.4 Å². The number of amides is 2. The van der Waals surface area contributed by atoms with Crippen LogP contribution in [0, 0.1) is 0 Å². The molecule has 1 aromatic carbocycles. The van der Waals surface area contributed by atoms with E-state index < -0.39 is 42.0 Å². The summed E-state index contributed by atoms with van der Waals surface area (Å²) in [5.41, 5.74) is 6.15. The van der Waals surface area contributed by atoms with Gasteiger partial charge in [-0.25, -0.2) is 4.79 Å². The van der Waals surface area contributed by atoms with E-state index in [1.165, 1.54) is 13.8 Å². The minimum absolute atomic E-state index is 0.0790. The molecule has 0 heterocycles. The molecule has 1 aromatic rings. The largest absolute Gasteiger partial charge is 0.480 e. The van der Waals surface area contributed by atoms with E-state index in [-0.39, 0.29) is 6.42 Å². The molecule has 132 valence electrons. The molecule has 0 bridgehead atoms. The van der Waals surface area contributed by atoms with Crippen LogP contribution in [0.3, 0.4) is 0 Å². The van der Waals surface area contributed by atoms with Crippen molar-refractivity contribution in [1.29, 1.82) is 0 Å². The number of carboxylic acids is 1. The third kappa shape index (κ3) is 5.98. The van der Waals surface area contributed by atoms with Crippen molar-refractivity contribution in [2.45, 2.75) is 44.5 Å². The molecule has 0 fully saturated rings. The summed E-state index contributed by atoms with van der Waals surface area (Å²) in [5.74, 6) is -2.62. The summed E-state index contributed by atoms with van der Waals surface area (Å²) < 4.78 is 0. The lowest BCUT2D eigenvalue weighted by molar-refractivity contribution is -0.142. The molecule has 6 N–H and O–H groups in total. The molecule has 0 saturated heterocycles. The van der Waals surface area contributed by atoms with Crippen LogP contribution in [-0.4, -0.2) is 52.2 Å². The van der Waals surface area contributed by atoms with Gasteiger partial charge >= 0.3 is 5.97 Å². The minimum atomic E-state index is -1.29. The van der Waals surface area contributed by atoms with Crippen LogP contribution in [0.4, 0.5) is 0 Å². The number of carbonyl (C=O) groups excluding carboxylic acids is 2. The number of nitrogens with one attached hydrogen (secondary N) is 2. The summed E-state index contributed by atoms with van der Waals surface area (Å²) in [4.78, 5) is 35.3. The van der Waals surface area contributed by atoms with Gasteiger partial charge < -0.3 is 26.6 Å². The standard InChI is InChI=1S/C16H23N3O5/c1-9(17)14(21)19-13(10(2)20)15(22)18-12(16(23)24)8-11-6-4-3-5-7-11/h3-7,9-10,12-13,20H,8,17H2,1-2H3,(H,18,22)(H,19,21)(H,23,24). The highest BCUT2D eigenvalue weighted by Gasteiger charge is 2.30. The van der Waals surface area contributed by atoms with Crippen molar-refractivity contribution in [1.82, 2.24) is 10.6 Å². The second kappa shape index (κ2) is 8.99. The molecule has 0 radical (unpaired) electrons. The molecule has 24 heavy (non-hydrogen) atoms. The van der Waals surface area contributed by atoms with Crippen LogP contribution < -0.4 is 16.4 Å². The zero-order valence-electron chi connectivity index (χ0n) is 13.6. The fraction of sp³-hybridized carbons (Fsp3) is 0.438. The van der Waals surface area contributed by atoms with E-state index in [0.717, 1.165) is 5.56 Å². The molecular weight excluding hydrogens is 314 g/mol. The van der Waals surface area contributed by atoms with Gasteiger partial charge in [0, 0.05) is 6.42 Å². The van der Waals surface area contributed by atoms with Gasteiger partial charge in [-0.1, -0.05) is 30.3 Å². The lowest BCUT2D eigenvalue weighted by Gasteiger charge is -2.24. The van der Waals surface area contributed by atoms with Crippen LogP contribution in [0.25, 0.3) is 0 Å². The number of aliphatic hydroxyl groups excluding tert-OH is 1. The van der Waals surface area contributed by atoms with Gasteiger partial charge in [0.05, 0.1) is 12.1 Å². The van der Waals surface area contributed by atoms with Crippen molar-refractivity contribution in [3.63, 3.8) is 0 Å². The van der Waals surface area contributed by atoms with Crippen molar-refractivity contribution in [3.05, 3.63) is 35.9 Å². The van der Waals surface area contributed by atoms with E-state index >= 15 is 0 Å². The Hall–Kier alpha value is -2.45. The average Bonchev–Trinajstić information content (AvgIpc) is 2.51. The SMILES string of the molecule is CC(N)C(=O)NC(C(=O)NC(Cc1ccccc1)C(=O)O)C(C)O. The van der Waals surface area contributed by atoms with Crippen LogP contribution in [0.5, 0.6) is 0 Å². The zero-order valence-corrected chi connectivity index (χ0v) is 13.6. The third-order valence-electron chi connectivity index (χ3n) is 3.37. The summed E-state index contributed by atoms with van der Waals surface area (Å²) >= 11 is 0. The first-order valence-electron chi connectivity index (χ1n) is 7.53. The highest BCUT2D eigenvalue weighted by atomic mass is 16.4. The molecule has 1 rings (SSSR count). The normalized spacial score (nSPS) is 15.7. The van der Waals surface area contributed by atoms with E-state index in [0.29, 0.717) is 0 Å². The zero-order chi connectivity index (χ0) is 18.3. The second-order valence-corrected chi connectivity index (χ2v) is 5.60. The number of hydrogen-bond donors (Lipinski definition) is 5. The van der Waals surface area contributed by atoms with Crippen LogP contribution in [0.15, 0.2) is 30.3 Å².